The Bertz CT molecular complexity index is 697. The molecule has 0 aliphatic carbocycles. The van der Waals surface area contributed by atoms with E-state index in [4.69, 9.17) is 4.74 Å². The van der Waals surface area contributed by atoms with Crippen LogP contribution in [0.4, 0.5) is 0 Å². The monoisotopic (exact) mass is 305 g/mol. The number of ether oxygens (including phenoxy) is 1. The standard InChI is InChI=1S/C16H19NO3S/c1-3-13-9-10-16(20-2)14(11-13)12-17-21(18,19)15-7-5-4-6-8-15/h4-11,17H,3,12H2,1-2H3. The smallest absolute Gasteiger partial charge is 0.240 e. The highest BCUT2D eigenvalue weighted by molar-refractivity contribution is 7.89. The molecule has 21 heavy (non-hydrogen) atoms. The maximum Gasteiger partial charge on any atom is 0.240 e. The van der Waals surface area contributed by atoms with Gasteiger partial charge in [0.05, 0.1) is 12.0 Å². The van der Waals surface area contributed by atoms with Gasteiger partial charge in [0.1, 0.15) is 5.75 Å². The van der Waals surface area contributed by atoms with E-state index in [0.717, 1.165) is 17.5 Å². The van der Waals surface area contributed by atoms with Gasteiger partial charge in [0.15, 0.2) is 0 Å². The van der Waals surface area contributed by atoms with E-state index < -0.39 is 10.0 Å². The van der Waals surface area contributed by atoms with E-state index in [1.54, 1.807) is 37.4 Å². The topological polar surface area (TPSA) is 55.4 Å². The molecule has 0 radical (unpaired) electrons. The summed E-state index contributed by atoms with van der Waals surface area (Å²) in [5, 5.41) is 0. The zero-order valence-corrected chi connectivity index (χ0v) is 13.0. The van der Waals surface area contributed by atoms with E-state index in [1.807, 2.05) is 18.2 Å². The second-order valence-electron chi connectivity index (χ2n) is 4.64. The lowest BCUT2D eigenvalue weighted by atomic mass is 10.1. The Hall–Kier alpha value is -1.85. The highest BCUT2D eigenvalue weighted by atomic mass is 32.2. The van der Waals surface area contributed by atoms with Gasteiger partial charge in [-0.15, -0.1) is 0 Å². The Balaban J connectivity index is 2.20. The summed E-state index contributed by atoms with van der Waals surface area (Å²) in [5.74, 6) is 0.683. The normalized spacial score (nSPS) is 11.3. The summed E-state index contributed by atoms with van der Waals surface area (Å²) in [6.07, 6.45) is 0.891. The van der Waals surface area contributed by atoms with Crippen LogP contribution < -0.4 is 9.46 Å². The first-order chi connectivity index (χ1) is 10.1. The van der Waals surface area contributed by atoms with E-state index in [1.165, 1.54) is 0 Å². The van der Waals surface area contributed by atoms with Gasteiger partial charge in [-0.05, 0) is 30.2 Å². The van der Waals surface area contributed by atoms with E-state index in [2.05, 4.69) is 11.6 Å². The minimum absolute atomic E-state index is 0.203. The summed E-state index contributed by atoms with van der Waals surface area (Å²) in [4.78, 5) is 0.260. The third kappa shape index (κ3) is 3.83. The van der Waals surface area contributed by atoms with Crippen molar-refractivity contribution < 1.29 is 13.2 Å². The fourth-order valence-corrected chi connectivity index (χ4v) is 3.07. The van der Waals surface area contributed by atoms with Gasteiger partial charge in [-0.1, -0.05) is 37.3 Å². The Morgan fingerprint density at radius 2 is 1.81 bits per heavy atom. The zero-order valence-electron chi connectivity index (χ0n) is 12.2. The Morgan fingerprint density at radius 3 is 2.43 bits per heavy atom. The average Bonchev–Trinajstić information content (AvgIpc) is 2.53. The van der Waals surface area contributed by atoms with Crippen LogP contribution in [-0.2, 0) is 23.0 Å². The van der Waals surface area contributed by atoms with Gasteiger partial charge in [0.25, 0.3) is 0 Å². The average molecular weight is 305 g/mol. The van der Waals surface area contributed by atoms with Gasteiger partial charge in [-0.3, -0.25) is 0 Å². The molecule has 0 amide bonds. The van der Waals surface area contributed by atoms with Crippen molar-refractivity contribution in [3.8, 4) is 5.75 Å². The van der Waals surface area contributed by atoms with E-state index in [0.29, 0.717) is 5.75 Å². The maximum absolute atomic E-state index is 12.2. The number of aryl methyl sites for hydroxylation is 1. The van der Waals surface area contributed by atoms with E-state index in [-0.39, 0.29) is 11.4 Å². The SMILES string of the molecule is CCc1ccc(OC)c(CNS(=O)(=O)c2ccccc2)c1. The van der Waals surface area contributed by atoms with Crippen LogP contribution >= 0.6 is 0 Å². The molecule has 0 aliphatic rings. The maximum atomic E-state index is 12.2. The molecule has 2 rings (SSSR count). The largest absolute Gasteiger partial charge is 0.496 e. The first kappa shape index (κ1) is 15.5. The molecule has 0 aliphatic heterocycles. The highest BCUT2D eigenvalue weighted by Gasteiger charge is 2.14. The molecule has 0 saturated heterocycles. The van der Waals surface area contributed by atoms with Crippen LogP contribution in [0.2, 0.25) is 0 Å². The van der Waals surface area contributed by atoms with Crippen molar-refractivity contribution in [2.75, 3.05) is 7.11 Å². The summed E-state index contributed by atoms with van der Waals surface area (Å²) in [5.41, 5.74) is 1.97. The van der Waals surface area contributed by atoms with Crippen molar-refractivity contribution in [1.82, 2.24) is 4.72 Å². The lowest BCUT2D eigenvalue weighted by molar-refractivity contribution is 0.409. The van der Waals surface area contributed by atoms with Gasteiger partial charge in [-0.25, -0.2) is 13.1 Å². The molecule has 0 unspecified atom stereocenters. The Labute approximate surface area is 125 Å². The first-order valence-corrected chi connectivity index (χ1v) is 8.25. The van der Waals surface area contributed by atoms with Crippen molar-refractivity contribution in [1.29, 1.82) is 0 Å². The molecule has 5 heteroatoms. The molecular weight excluding hydrogens is 286 g/mol. The number of methoxy groups -OCH3 is 1. The van der Waals surface area contributed by atoms with Crippen molar-refractivity contribution in [3.63, 3.8) is 0 Å². The second kappa shape index (κ2) is 6.74. The Kier molecular flexibility index (Phi) is 4.98. The molecule has 0 spiro atoms. The highest BCUT2D eigenvalue weighted by Crippen LogP contribution is 2.21. The third-order valence-corrected chi connectivity index (χ3v) is 4.68. The van der Waals surface area contributed by atoms with Crippen LogP contribution in [0.1, 0.15) is 18.1 Å². The minimum atomic E-state index is -3.51. The third-order valence-electron chi connectivity index (χ3n) is 3.26. The van der Waals surface area contributed by atoms with Crippen LogP contribution in [0.15, 0.2) is 53.4 Å². The summed E-state index contributed by atoms with van der Waals surface area (Å²) < 4.78 is 32.3. The fraction of sp³-hybridized carbons (Fsp3) is 0.250. The van der Waals surface area contributed by atoms with Crippen molar-refractivity contribution in [2.24, 2.45) is 0 Å². The molecule has 2 aromatic carbocycles. The van der Waals surface area contributed by atoms with Gasteiger partial charge >= 0.3 is 0 Å². The summed E-state index contributed by atoms with van der Waals surface area (Å²) in [6, 6.07) is 14.1. The molecular formula is C16H19NO3S. The van der Waals surface area contributed by atoms with E-state index in [9.17, 15) is 8.42 Å². The lowest BCUT2D eigenvalue weighted by Gasteiger charge is -2.12. The Morgan fingerprint density at radius 1 is 1.10 bits per heavy atom. The van der Waals surface area contributed by atoms with Crippen molar-refractivity contribution in [2.45, 2.75) is 24.8 Å². The number of rotatable bonds is 6. The fourth-order valence-electron chi connectivity index (χ4n) is 2.05. The summed E-state index contributed by atoms with van der Waals surface area (Å²) in [6.45, 7) is 2.26. The van der Waals surface area contributed by atoms with Crippen LogP contribution in [0.5, 0.6) is 5.75 Å². The molecule has 2 aromatic rings. The minimum Gasteiger partial charge on any atom is -0.496 e. The summed E-state index contributed by atoms with van der Waals surface area (Å²) in [7, 11) is -1.93. The number of hydrogen-bond donors (Lipinski definition) is 1. The van der Waals surface area contributed by atoms with Crippen LogP contribution in [0.3, 0.4) is 0 Å². The van der Waals surface area contributed by atoms with Gasteiger partial charge in [-0.2, -0.15) is 0 Å². The van der Waals surface area contributed by atoms with Crippen LogP contribution in [0.25, 0.3) is 0 Å². The first-order valence-electron chi connectivity index (χ1n) is 6.77. The predicted octanol–water partition coefficient (Wildman–Crippen LogP) is 2.74. The number of nitrogens with one attached hydrogen (secondary N) is 1. The summed E-state index contributed by atoms with van der Waals surface area (Å²) >= 11 is 0. The quantitative estimate of drug-likeness (QED) is 0.893. The predicted molar refractivity (Wildman–Crippen MR) is 82.8 cm³/mol. The molecule has 0 saturated carbocycles. The molecule has 112 valence electrons. The molecule has 0 bridgehead atoms. The van der Waals surface area contributed by atoms with Crippen molar-refractivity contribution in [3.05, 3.63) is 59.7 Å². The number of sulfonamides is 1. The molecule has 0 aromatic heterocycles. The zero-order chi connectivity index (χ0) is 15.3. The van der Waals surface area contributed by atoms with Gasteiger partial charge in [0, 0.05) is 12.1 Å². The molecule has 0 heterocycles. The number of hydrogen-bond acceptors (Lipinski definition) is 3. The lowest BCUT2D eigenvalue weighted by Crippen LogP contribution is -2.23. The molecule has 0 fully saturated rings. The molecule has 0 atom stereocenters. The molecule has 1 N–H and O–H groups in total. The van der Waals surface area contributed by atoms with Crippen molar-refractivity contribution >= 4 is 10.0 Å². The second-order valence-corrected chi connectivity index (χ2v) is 6.40. The van der Waals surface area contributed by atoms with Crippen LogP contribution in [0, 0.1) is 0 Å². The van der Waals surface area contributed by atoms with E-state index >= 15 is 0 Å². The molecule has 4 nitrogen and oxygen atoms in total. The number of benzene rings is 2. The van der Waals surface area contributed by atoms with Gasteiger partial charge < -0.3 is 4.74 Å². The van der Waals surface area contributed by atoms with Gasteiger partial charge in [0.2, 0.25) is 10.0 Å². The van der Waals surface area contributed by atoms with Crippen LogP contribution in [-0.4, -0.2) is 15.5 Å².